The van der Waals surface area contributed by atoms with Crippen molar-refractivity contribution in [2.24, 2.45) is 10.9 Å². The lowest BCUT2D eigenvalue weighted by molar-refractivity contribution is 0.0519. The molecule has 0 radical (unpaired) electrons. The number of anilines is 2. The van der Waals surface area contributed by atoms with Gasteiger partial charge in [-0.15, -0.1) is 0 Å². The van der Waals surface area contributed by atoms with Gasteiger partial charge in [0, 0.05) is 57.3 Å². The first-order valence-corrected chi connectivity index (χ1v) is 13.2. The minimum atomic E-state index is -0.453. The zero-order chi connectivity index (χ0) is 25.7. The molecule has 9 heteroatoms. The molecule has 4 heterocycles. The van der Waals surface area contributed by atoms with Crippen molar-refractivity contribution < 1.29 is 14.3 Å². The number of nitrogens with one attached hydrogen (secondary N) is 2. The van der Waals surface area contributed by atoms with Crippen LogP contribution in [0.3, 0.4) is 0 Å². The third-order valence-corrected chi connectivity index (χ3v) is 7.22. The van der Waals surface area contributed by atoms with Gasteiger partial charge in [0.15, 0.2) is 5.69 Å². The summed E-state index contributed by atoms with van der Waals surface area (Å²) in [6.45, 7) is 9.81. The summed E-state index contributed by atoms with van der Waals surface area (Å²) in [7, 11) is 1.75. The second-order valence-corrected chi connectivity index (χ2v) is 10.0. The monoisotopic (exact) mass is 496 g/mol. The number of hydrogen-bond donors (Lipinski definition) is 2. The van der Waals surface area contributed by atoms with Crippen molar-refractivity contribution in [2.45, 2.75) is 65.1 Å². The van der Waals surface area contributed by atoms with E-state index in [1.807, 2.05) is 26.1 Å². The molecule has 2 fully saturated rings. The summed E-state index contributed by atoms with van der Waals surface area (Å²) in [5, 5.41) is 12.5. The lowest BCUT2D eigenvalue weighted by Gasteiger charge is -2.35. The molecule has 1 unspecified atom stereocenters. The van der Waals surface area contributed by atoms with Crippen LogP contribution < -0.4 is 10.2 Å². The lowest BCUT2D eigenvalue weighted by Crippen LogP contribution is -2.38. The van der Waals surface area contributed by atoms with Crippen LogP contribution in [0.1, 0.15) is 68.9 Å². The average Bonchev–Trinajstić information content (AvgIpc) is 3.43. The number of pyridine rings is 1. The summed E-state index contributed by atoms with van der Waals surface area (Å²) < 4.78 is 10.9. The molecule has 1 atom stereocenters. The van der Waals surface area contributed by atoms with E-state index < -0.39 is 5.97 Å². The van der Waals surface area contributed by atoms with Crippen LogP contribution in [0.15, 0.2) is 22.8 Å². The van der Waals surface area contributed by atoms with Gasteiger partial charge >= 0.3 is 5.97 Å². The molecule has 0 saturated carbocycles. The number of dihydropyridines is 1. The molecule has 0 aliphatic carbocycles. The molecule has 3 aliphatic rings. The van der Waals surface area contributed by atoms with E-state index in [1.165, 1.54) is 12.8 Å². The first-order valence-electron chi connectivity index (χ1n) is 13.2. The molecule has 0 bridgehead atoms. The Bertz CT molecular complexity index is 1010. The number of nitrogens with zero attached hydrogens (tertiary/aromatic N) is 4. The SMILES string of the molecule is CCOC(=O)c1cc(N2CCC(OC)CC2)c(C(=N)C(C)C)c(NC2=CC=NC(N3CCCC3)C2)n1. The predicted octanol–water partition coefficient (Wildman–Crippen LogP) is 4.09. The highest BCUT2D eigenvalue weighted by atomic mass is 16.5. The zero-order valence-electron chi connectivity index (χ0n) is 22.0. The van der Waals surface area contributed by atoms with E-state index in [0.717, 1.165) is 62.4 Å². The number of rotatable bonds is 9. The van der Waals surface area contributed by atoms with Gasteiger partial charge in [-0.1, -0.05) is 13.8 Å². The van der Waals surface area contributed by atoms with Crippen LogP contribution in [-0.2, 0) is 9.47 Å². The number of esters is 1. The quantitative estimate of drug-likeness (QED) is 0.392. The average molecular weight is 497 g/mol. The maximum atomic E-state index is 12.8. The number of allylic oxidation sites excluding steroid dienone is 1. The predicted molar refractivity (Wildman–Crippen MR) is 144 cm³/mol. The summed E-state index contributed by atoms with van der Waals surface area (Å²) >= 11 is 0. The smallest absolute Gasteiger partial charge is 0.357 e. The fourth-order valence-electron chi connectivity index (χ4n) is 5.13. The van der Waals surface area contributed by atoms with Gasteiger partial charge < -0.3 is 25.1 Å². The van der Waals surface area contributed by atoms with E-state index in [0.29, 0.717) is 11.5 Å². The molecule has 2 saturated heterocycles. The van der Waals surface area contributed by atoms with Gasteiger partial charge in [0.2, 0.25) is 0 Å². The van der Waals surface area contributed by atoms with Crippen molar-refractivity contribution in [3.05, 3.63) is 29.1 Å². The van der Waals surface area contributed by atoms with Crippen molar-refractivity contribution in [1.82, 2.24) is 9.88 Å². The maximum absolute atomic E-state index is 12.8. The summed E-state index contributed by atoms with van der Waals surface area (Å²) in [5.41, 5.74) is 3.33. The minimum absolute atomic E-state index is 0.00435. The van der Waals surface area contributed by atoms with Crippen molar-refractivity contribution in [3.8, 4) is 0 Å². The first kappa shape index (κ1) is 26.3. The molecule has 9 nitrogen and oxygen atoms in total. The van der Waals surface area contributed by atoms with E-state index >= 15 is 0 Å². The molecule has 36 heavy (non-hydrogen) atoms. The third-order valence-electron chi connectivity index (χ3n) is 7.22. The highest BCUT2D eigenvalue weighted by molar-refractivity contribution is 6.09. The highest BCUT2D eigenvalue weighted by Crippen LogP contribution is 2.34. The molecular formula is C27H40N6O3. The fraction of sp³-hybridized carbons (Fsp3) is 0.630. The summed E-state index contributed by atoms with van der Waals surface area (Å²) in [5.74, 6) is 0.0745. The number of aliphatic imine (C=N–C) groups is 1. The van der Waals surface area contributed by atoms with Gasteiger partial charge in [0.25, 0.3) is 0 Å². The van der Waals surface area contributed by atoms with Crippen molar-refractivity contribution in [1.29, 1.82) is 5.41 Å². The number of methoxy groups -OCH3 is 1. The molecule has 2 N–H and O–H groups in total. The van der Waals surface area contributed by atoms with E-state index in [-0.39, 0.29) is 30.5 Å². The number of piperidine rings is 1. The highest BCUT2D eigenvalue weighted by Gasteiger charge is 2.29. The van der Waals surface area contributed by atoms with E-state index in [9.17, 15) is 4.79 Å². The molecule has 3 aliphatic heterocycles. The standard InChI is InChI=1S/C27H40N6O3/c1-5-36-27(34)21-17-22(32-14-9-20(35-4)10-15-32)24(25(28)18(2)3)26(31-21)30-19-8-11-29-23(16-19)33-12-6-7-13-33/h8,11,17-18,20,23,28H,5-7,9-10,12-16H2,1-4H3,(H,30,31). The second kappa shape index (κ2) is 12.0. The molecular weight excluding hydrogens is 456 g/mol. The number of carbonyl (C=O) groups is 1. The number of carbonyl (C=O) groups excluding carboxylic acids is 1. The normalized spacial score (nSPS) is 21.1. The topological polar surface area (TPSA) is 103 Å². The number of ether oxygens (including phenoxy) is 2. The van der Waals surface area contributed by atoms with Gasteiger partial charge in [-0.25, -0.2) is 9.78 Å². The van der Waals surface area contributed by atoms with E-state index in [2.05, 4.69) is 15.1 Å². The Labute approximate surface area is 214 Å². The van der Waals surface area contributed by atoms with Crippen LogP contribution in [-0.4, -0.2) is 79.9 Å². The molecule has 0 amide bonds. The first-order chi connectivity index (χ1) is 17.4. The minimum Gasteiger partial charge on any atom is -0.461 e. The molecule has 1 aromatic heterocycles. The van der Waals surface area contributed by atoms with Crippen LogP contribution >= 0.6 is 0 Å². The second-order valence-electron chi connectivity index (χ2n) is 10.0. The Morgan fingerprint density at radius 2 is 1.94 bits per heavy atom. The Hall–Kier alpha value is -2.78. The van der Waals surface area contributed by atoms with Crippen LogP contribution in [0, 0.1) is 11.3 Å². The number of aromatic nitrogens is 1. The van der Waals surface area contributed by atoms with E-state index in [1.54, 1.807) is 20.1 Å². The lowest BCUT2D eigenvalue weighted by atomic mass is 9.96. The summed E-state index contributed by atoms with van der Waals surface area (Å²) in [4.78, 5) is 26.9. The van der Waals surface area contributed by atoms with Gasteiger partial charge in [-0.05, 0) is 50.7 Å². The van der Waals surface area contributed by atoms with E-state index in [4.69, 9.17) is 24.9 Å². The molecule has 0 aromatic carbocycles. The Balaban J connectivity index is 1.72. The van der Waals surface area contributed by atoms with Crippen molar-refractivity contribution in [2.75, 3.05) is 50.1 Å². The number of hydrogen-bond acceptors (Lipinski definition) is 9. The zero-order valence-corrected chi connectivity index (χ0v) is 22.0. The van der Waals surface area contributed by atoms with Crippen LogP contribution in [0.25, 0.3) is 0 Å². The molecule has 4 rings (SSSR count). The Morgan fingerprint density at radius 3 is 2.58 bits per heavy atom. The Morgan fingerprint density at radius 1 is 1.22 bits per heavy atom. The van der Waals surface area contributed by atoms with Gasteiger partial charge in [-0.3, -0.25) is 9.89 Å². The fourth-order valence-corrected chi connectivity index (χ4v) is 5.13. The van der Waals surface area contributed by atoms with Crippen molar-refractivity contribution in [3.63, 3.8) is 0 Å². The Kier molecular flexibility index (Phi) is 8.74. The molecule has 1 aromatic rings. The van der Waals surface area contributed by atoms with Gasteiger partial charge in [0.05, 0.1) is 24.0 Å². The number of likely N-dealkylation sites (tertiary alicyclic amines) is 1. The van der Waals surface area contributed by atoms with Crippen LogP contribution in [0.4, 0.5) is 11.5 Å². The van der Waals surface area contributed by atoms with Gasteiger partial charge in [-0.2, -0.15) is 0 Å². The van der Waals surface area contributed by atoms with Crippen molar-refractivity contribution >= 4 is 29.4 Å². The summed E-state index contributed by atoms with van der Waals surface area (Å²) in [6.07, 6.45) is 9.10. The van der Waals surface area contributed by atoms with Crippen LogP contribution in [0.2, 0.25) is 0 Å². The van der Waals surface area contributed by atoms with Crippen LogP contribution in [0.5, 0.6) is 0 Å². The summed E-state index contributed by atoms with van der Waals surface area (Å²) in [6, 6.07) is 1.80. The molecule has 0 spiro atoms. The largest absolute Gasteiger partial charge is 0.461 e. The maximum Gasteiger partial charge on any atom is 0.357 e. The van der Waals surface area contributed by atoms with Gasteiger partial charge in [0.1, 0.15) is 12.0 Å². The molecule has 196 valence electrons. The third kappa shape index (κ3) is 5.95.